The smallest absolute Gasteiger partial charge is 0.0737 e. The van der Waals surface area contributed by atoms with Crippen molar-refractivity contribution < 1.29 is 0 Å². The Labute approximate surface area is 61.7 Å². The Bertz CT molecular complexity index is 155. The SMILES string of the molecule is C=C/C=C\C=NCC=NC. The Morgan fingerprint density at radius 3 is 2.80 bits per heavy atom. The average Bonchev–Trinajstić information content (AvgIpc) is 1.97. The fraction of sp³-hybridized carbons (Fsp3) is 0.250. The van der Waals surface area contributed by atoms with E-state index < -0.39 is 0 Å². The van der Waals surface area contributed by atoms with Crippen molar-refractivity contribution in [3.63, 3.8) is 0 Å². The summed E-state index contributed by atoms with van der Waals surface area (Å²) in [6.07, 6.45) is 8.84. The summed E-state index contributed by atoms with van der Waals surface area (Å²) in [5, 5.41) is 0. The molecule has 0 aromatic rings. The van der Waals surface area contributed by atoms with E-state index in [-0.39, 0.29) is 0 Å². The second kappa shape index (κ2) is 7.82. The van der Waals surface area contributed by atoms with E-state index in [0.717, 1.165) is 0 Å². The van der Waals surface area contributed by atoms with Gasteiger partial charge in [0.1, 0.15) is 0 Å². The summed E-state index contributed by atoms with van der Waals surface area (Å²) in [6, 6.07) is 0. The van der Waals surface area contributed by atoms with Crippen LogP contribution in [0, 0.1) is 0 Å². The average molecular weight is 136 g/mol. The molecule has 0 saturated carbocycles. The molecule has 0 aliphatic carbocycles. The number of hydrogen-bond acceptors (Lipinski definition) is 2. The molecule has 2 heteroatoms. The zero-order valence-corrected chi connectivity index (χ0v) is 6.20. The molecule has 0 spiro atoms. The van der Waals surface area contributed by atoms with Crippen LogP contribution in [0.5, 0.6) is 0 Å². The highest BCUT2D eigenvalue weighted by atomic mass is 14.7. The molecular weight excluding hydrogens is 124 g/mol. The van der Waals surface area contributed by atoms with Gasteiger partial charge >= 0.3 is 0 Å². The molecule has 0 bridgehead atoms. The summed E-state index contributed by atoms with van der Waals surface area (Å²) < 4.78 is 0. The quantitative estimate of drug-likeness (QED) is 0.413. The molecule has 54 valence electrons. The first kappa shape index (κ1) is 8.82. The van der Waals surface area contributed by atoms with Crippen LogP contribution in [0.1, 0.15) is 0 Å². The lowest BCUT2D eigenvalue weighted by Crippen LogP contribution is -1.79. The van der Waals surface area contributed by atoms with E-state index in [1.165, 1.54) is 0 Å². The van der Waals surface area contributed by atoms with Gasteiger partial charge in [0.15, 0.2) is 0 Å². The Kier molecular flexibility index (Phi) is 6.90. The lowest BCUT2D eigenvalue weighted by molar-refractivity contribution is 1.31. The van der Waals surface area contributed by atoms with Gasteiger partial charge in [0.2, 0.25) is 0 Å². The van der Waals surface area contributed by atoms with Crippen molar-refractivity contribution in [2.75, 3.05) is 13.6 Å². The molecule has 2 nitrogen and oxygen atoms in total. The van der Waals surface area contributed by atoms with E-state index in [1.807, 2.05) is 12.2 Å². The second-order valence-electron chi connectivity index (χ2n) is 1.58. The van der Waals surface area contributed by atoms with Gasteiger partial charge in [0, 0.05) is 19.5 Å². The molecule has 0 atom stereocenters. The normalized spacial score (nSPS) is 12.1. The molecule has 10 heavy (non-hydrogen) atoms. The van der Waals surface area contributed by atoms with Crippen LogP contribution < -0.4 is 0 Å². The molecule has 0 radical (unpaired) electrons. The van der Waals surface area contributed by atoms with Crippen LogP contribution in [0.4, 0.5) is 0 Å². The Balaban J connectivity index is 3.37. The van der Waals surface area contributed by atoms with Crippen LogP contribution >= 0.6 is 0 Å². The van der Waals surface area contributed by atoms with Gasteiger partial charge in [-0.05, 0) is 6.08 Å². The monoisotopic (exact) mass is 136 g/mol. The first-order valence-electron chi connectivity index (χ1n) is 3.10. The zero-order valence-electron chi connectivity index (χ0n) is 6.20. The van der Waals surface area contributed by atoms with Gasteiger partial charge in [-0.25, -0.2) is 0 Å². The first-order chi connectivity index (χ1) is 4.91. The topological polar surface area (TPSA) is 24.7 Å². The Hall–Kier alpha value is -1.18. The minimum absolute atomic E-state index is 0.651. The largest absolute Gasteiger partial charge is 0.299 e. The van der Waals surface area contributed by atoms with Gasteiger partial charge in [-0.1, -0.05) is 18.7 Å². The predicted molar refractivity (Wildman–Crippen MR) is 47.1 cm³/mol. The molecular formula is C8H12N2. The van der Waals surface area contributed by atoms with E-state index in [2.05, 4.69) is 16.6 Å². The summed E-state index contributed by atoms with van der Waals surface area (Å²) >= 11 is 0. The van der Waals surface area contributed by atoms with E-state index in [4.69, 9.17) is 0 Å². The maximum absolute atomic E-state index is 3.99. The molecule has 0 aromatic carbocycles. The molecule has 0 N–H and O–H groups in total. The van der Waals surface area contributed by atoms with Gasteiger partial charge in [0.05, 0.1) is 6.54 Å². The molecule has 0 amide bonds. The van der Waals surface area contributed by atoms with Crippen molar-refractivity contribution in [2.45, 2.75) is 0 Å². The van der Waals surface area contributed by atoms with Crippen molar-refractivity contribution in [3.05, 3.63) is 24.8 Å². The molecule has 0 aliphatic heterocycles. The molecule has 0 rings (SSSR count). The highest BCUT2D eigenvalue weighted by Gasteiger charge is 1.65. The van der Waals surface area contributed by atoms with E-state index in [9.17, 15) is 0 Å². The van der Waals surface area contributed by atoms with Crippen molar-refractivity contribution in [1.29, 1.82) is 0 Å². The summed E-state index contributed by atoms with van der Waals surface area (Å²) in [5.74, 6) is 0. The molecule has 0 unspecified atom stereocenters. The summed E-state index contributed by atoms with van der Waals surface area (Å²) in [6.45, 7) is 4.17. The van der Waals surface area contributed by atoms with Gasteiger partial charge in [-0.2, -0.15) is 0 Å². The highest BCUT2D eigenvalue weighted by Crippen LogP contribution is 1.69. The number of hydrogen-bond donors (Lipinski definition) is 0. The third kappa shape index (κ3) is 6.82. The third-order valence-corrected chi connectivity index (χ3v) is 0.808. The van der Waals surface area contributed by atoms with Crippen molar-refractivity contribution in [3.8, 4) is 0 Å². The minimum atomic E-state index is 0.651. The molecule has 0 heterocycles. The molecule has 0 aliphatic rings. The van der Waals surface area contributed by atoms with E-state index >= 15 is 0 Å². The summed E-state index contributed by atoms with van der Waals surface area (Å²) in [5.41, 5.74) is 0. The van der Waals surface area contributed by atoms with Crippen molar-refractivity contribution in [1.82, 2.24) is 0 Å². The zero-order chi connectivity index (χ0) is 7.66. The van der Waals surface area contributed by atoms with E-state index in [0.29, 0.717) is 6.54 Å². The minimum Gasteiger partial charge on any atom is -0.299 e. The van der Waals surface area contributed by atoms with Gasteiger partial charge in [-0.3, -0.25) is 9.98 Å². The predicted octanol–water partition coefficient (Wildman–Crippen LogP) is 1.50. The van der Waals surface area contributed by atoms with Crippen LogP contribution in [-0.4, -0.2) is 26.0 Å². The van der Waals surface area contributed by atoms with E-state index in [1.54, 1.807) is 25.6 Å². The third-order valence-electron chi connectivity index (χ3n) is 0.808. The van der Waals surface area contributed by atoms with Crippen LogP contribution in [0.25, 0.3) is 0 Å². The van der Waals surface area contributed by atoms with Crippen LogP contribution in [-0.2, 0) is 0 Å². The maximum Gasteiger partial charge on any atom is 0.0737 e. The lowest BCUT2D eigenvalue weighted by Gasteiger charge is -1.77. The van der Waals surface area contributed by atoms with Gasteiger partial charge < -0.3 is 0 Å². The summed E-state index contributed by atoms with van der Waals surface area (Å²) in [7, 11) is 1.73. The standard InChI is InChI=1S/C8H12N2/c1-3-4-5-6-10-8-7-9-2/h3-7H,1,8H2,2H3/b5-4-,9-7?,10-6?. The fourth-order valence-corrected chi connectivity index (χ4v) is 0.379. The molecule has 0 saturated heterocycles. The van der Waals surface area contributed by atoms with Crippen molar-refractivity contribution in [2.24, 2.45) is 9.98 Å². The number of allylic oxidation sites excluding steroid dienone is 3. The number of rotatable bonds is 4. The Morgan fingerprint density at radius 1 is 1.40 bits per heavy atom. The second-order valence-corrected chi connectivity index (χ2v) is 1.58. The van der Waals surface area contributed by atoms with Crippen LogP contribution in [0.15, 0.2) is 34.8 Å². The van der Waals surface area contributed by atoms with Gasteiger partial charge in [0.25, 0.3) is 0 Å². The van der Waals surface area contributed by atoms with Crippen LogP contribution in [0.2, 0.25) is 0 Å². The van der Waals surface area contributed by atoms with Crippen LogP contribution in [0.3, 0.4) is 0 Å². The van der Waals surface area contributed by atoms with Gasteiger partial charge in [-0.15, -0.1) is 0 Å². The fourth-order valence-electron chi connectivity index (χ4n) is 0.379. The lowest BCUT2D eigenvalue weighted by atomic mass is 10.5. The number of aliphatic imine (C=N–C) groups is 2. The maximum atomic E-state index is 3.99. The Morgan fingerprint density at radius 2 is 2.20 bits per heavy atom. The molecule has 0 fully saturated rings. The van der Waals surface area contributed by atoms with Crippen molar-refractivity contribution >= 4 is 12.4 Å². The molecule has 0 aromatic heterocycles. The highest BCUT2D eigenvalue weighted by molar-refractivity contribution is 5.73. The first-order valence-corrected chi connectivity index (χ1v) is 3.10. The number of nitrogens with zero attached hydrogens (tertiary/aromatic N) is 2. The summed E-state index contributed by atoms with van der Waals surface area (Å²) in [4.78, 5) is 7.76.